The Labute approximate surface area is 657 Å². The van der Waals surface area contributed by atoms with Crippen LogP contribution in [0.3, 0.4) is 0 Å². The number of ether oxygens (including phenoxy) is 4. The monoisotopic (exact) mass is 1740 g/mol. The van der Waals surface area contributed by atoms with Crippen LogP contribution in [0.4, 0.5) is 70.2 Å². The lowest BCUT2D eigenvalue weighted by atomic mass is 9.81. The summed E-state index contributed by atoms with van der Waals surface area (Å²) in [6, 6.07) is -2.97. The van der Waals surface area contributed by atoms with Crippen LogP contribution in [0.2, 0.25) is 0 Å². The number of aromatic nitrogens is 1. The first kappa shape index (κ1) is 86.0. The second-order valence-electron chi connectivity index (χ2n) is 28.1. The second kappa shape index (κ2) is 33.2. The van der Waals surface area contributed by atoms with E-state index in [0.29, 0.717) is 36.4 Å². The maximum absolute atomic E-state index is 18.0. The summed E-state index contributed by atoms with van der Waals surface area (Å²) in [6.07, 6.45) is -31.3. The van der Waals surface area contributed by atoms with Gasteiger partial charge in [0.2, 0.25) is 0 Å². The molecule has 5 aromatic rings. The number of hydrogen-bond acceptors (Lipinski definition) is 28. The molecule has 9 aliphatic heterocycles. The summed E-state index contributed by atoms with van der Waals surface area (Å²) in [4.78, 5) is 5.83. The second-order valence-corrected chi connectivity index (χ2v) is 32.5. The molecule has 0 amide bonds. The minimum Gasteiger partial charge on any atom is -0.394 e. The van der Waals surface area contributed by atoms with Gasteiger partial charge in [-0.15, -0.1) is 0 Å². The van der Waals surface area contributed by atoms with Gasteiger partial charge in [0.25, 0.3) is 0 Å². The highest BCUT2D eigenvalue weighted by atomic mass is 32.2. The van der Waals surface area contributed by atoms with Crippen molar-refractivity contribution >= 4 is 80.8 Å². The first-order chi connectivity index (χ1) is 54.9. The zero-order chi connectivity index (χ0) is 84.0. The number of likely N-dealkylation sites (tertiary alicyclic amines) is 1. The van der Waals surface area contributed by atoms with Gasteiger partial charge in [0.05, 0.1) is 91.1 Å². The number of thioether (sulfide) groups is 4. The molecule has 0 saturated carbocycles. The topological polar surface area (TPSA) is 416 Å². The standard InChI is InChI=1S/C71H63F16N5O20S4/c1-92-8-14-15(9-92)51-29(33-40(78)48(86)67(49(87)41(33)79)116-71-63(108)59(104)55(100)25(13-96)112-71)21-7-5-19(90-21)27(31-36(74)44(82)65(45(83)37(31)75)114-69-61(106)57(102)53(98)23(11-94)110-69)17-3-2-16(88-17)26(30-34(72)42(80)64(43(81)35(30)73)113-68-60(105)56(101)52(97)22(10-93)109-68)18-4-6-20(89-18)28(50(14)91-51)32-38(76)46(84)66(47(85)39(32)77)115-70-62(107)58(103)54(99)24(12-95)111-70/h2-7,14-15,22-25,50-63,68-71,88,91,93-108H,8-13H2,1H3/b26-16+,27-17+,28-20-,29-21-/t14-,15+,22-,23-,24-,25-,50?,51?,52-,53-,54-,55-,56+,57+,58+,59+,60-,61-,62-,63-,68+,69+,70+,71+/m1/s1. The minimum absolute atomic E-state index is 0.337. The van der Waals surface area contributed by atoms with E-state index in [2.05, 4.69) is 20.3 Å². The summed E-state index contributed by atoms with van der Waals surface area (Å²) in [5, 5.41) is 168. The van der Waals surface area contributed by atoms with Crippen molar-refractivity contribution in [3.05, 3.63) is 174 Å². The number of fused-ring (bicyclic) bond motifs is 9. The maximum atomic E-state index is 18.0. The van der Waals surface area contributed by atoms with Gasteiger partial charge < -0.3 is 116 Å². The summed E-state index contributed by atoms with van der Waals surface area (Å²) in [7, 11) is 1.35. The number of aliphatic imine (C=N–C) groups is 2. The molecule has 9 aliphatic rings. The van der Waals surface area contributed by atoms with E-state index in [4.69, 9.17) is 18.9 Å². The van der Waals surface area contributed by atoms with E-state index in [1.54, 1.807) is 0 Å². The molecule has 24 atom stereocenters. The number of rotatable bonds is 16. The third-order valence-electron chi connectivity index (χ3n) is 21.3. The van der Waals surface area contributed by atoms with Crippen LogP contribution in [-0.4, -0.2) is 281 Å². The van der Waals surface area contributed by atoms with Crippen LogP contribution in [0.25, 0.3) is 22.3 Å². The Morgan fingerprint density at radius 2 is 0.586 bits per heavy atom. The fourth-order valence-corrected chi connectivity index (χ4v) is 19.8. The fraction of sp³-hybridized carbons (Fsp3) is 0.437. The molecular weight excluding hydrogens is 1680 g/mol. The molecule has 8 bridgehead atoms. The van der Waals surface area contributed by atoms with Crippen LogP contribution >= 0.6 is 47.0 Å². The van der Waals surface area contributed by atoms with Crippen molar-refractivity contribution in [2.45, 2.75) is 151 Å². The van der Waals surface area contributed by atoms with Crippen molar-refractivity contribution in [3.8, 4) is 0 Å². The van der Waals surface area contributed by atoms with Gasteiger partial charge in [0.15, 0.2) is 93.1 Å². The highest BCUT2D eigenvalue weighted by molar-refractivity contribution is 8.00. The average Bonchev–Trinajstić information content (AvgIpc) is 1.13. The van der Waals surface area contributed by atoms with Gasteiger partial charge in [-0.25, -0.2) is 80.2 Å². The van der Waals surface area contributed by atoms with Crippen molar-refractivity contribution < 1.29 is 171 Å². The van der Waals surface area contributed by atoms with Crippen LogP contribution in [0.15, 0.2) is 77.4 Å². The molecular formula is C71H63F16N5O20S4. The van der Waals surface area contributed by atoms with Crippen LogP contribution in [0, 0.1) is 105 Å². The highest BCUT2D eigenvalue weighted by Gasteiger charge is 2.56. The molecule has 4 aromatic carbocycles. The van der Waals surface area contributed by atoms with Gasteiger partial charge in [-0.3, -0.25) is 0 Å². The number of H-pyrrole nitrogens is 1. The molecule has 6 saturated heterocycles. The van der Waals surface area contributed by atoms with Crippen LogP contribution < -0.4 is 16.0 Å². The van der Waals surface area contributed by atoms with E-state index >= 15 is 70.2 Å². The summed E-state index contributed by atoms with van der Waals surface area (Å²) in [5.41, 5.74) is -25.1. The van der Waals surface area contributed by atoms with Gasteiger partial charge in [0.1, 0.15) is 119 Å². The van der Waals surface area contributed by atoms with Crippen LogP contribution in [-0.2, 0) is 18.9 Å². The highest BCUT2D eigenvalue weighted by Crippen LogP contribution is 2.53. The lowest BCUT2D eigenvalue weighted by Crippen LogP contribution is -2.57. The lowest BCUT2D eigenvalue weighted by Gasteiger charge is -2.39. The van der Waals surface area contributed by atoms with Gasteiger partial charge in [-0.1, -0.05) is 47.0 Å². The van der Waals surface area contributed by atoms with Gasteiger partial charge in [-0.05, 0) is 55.3 Å². The quantitative estimate of drug-likeness (QED) is 0.0475. The lowest BCUT2D eigenvalue weighted by molar-refractivity contribution is -0.205. The SMILES string of the molecule is CN1C[C@@H]2C3NC(/C(c4c(F)c(F)c(S[C@@H]5O[C@H](CO)[C@@H](O)[C@H](O)[C@H]5O)c(F)c4F)=C4/C=CC(=N4)/C(c4c(F)c(F)c(S[C@@H]5O[C@H](CO)[C@@H](O)[C@H](O)[C@H]5O)c(F)c4F)=c4/cc/c([nH]4)=C(\c4c(F)c(F)c(S[C@@H]5O[C@H](CO)[C@@H](O)[C@H](O)[C@H]5O)c(F)c4F)C4=N/C(=C\3c3c(F)c(F)c(S[C@@H]5O[C@H](CO)[C@@H](O)[C@H](O)[C@H]5O)c(F)c3F)C=C4)[C@@H]2C1. The average molecular weight is 1740 g/mol. The minimum atomic E-state index is -2.47. The van der Waals surface area contributed by atoms with Gasteiger partial charge in [-0.2, -0.15) is 0 Å². The number of aliphatic hydroxyl groups is 16. The molecule has 14 rings (SSSR count). The number of halogens is 16. The Hall–Kier alpha value is -6.40. The Bertz CT molecular complexity index is 4730. The summed E-state index contributed by atoms with van der Waals surface area (Å²) in [6.45, 7) is -5.40. The molecule has 0 radical (unpaired) electrons. The number of nitrogens with zero attached hydrogens (tertiary/aromatic N) is 3. The van der Waals surface area contributed by atoms with Crippen molar-refractivity contribution in [1.82, 2.24) is 15.2 Å². The van der Waals surface area contributed by atoms with Crippen molar-refractivity contribution in [2.24, 2.45) is 21.8 Å². The zero-order valence-electron chi connectivity index (χ0n) is 58.4. The first-order valence-corrected chi connectivity index (χ1v) is 38.2. The summed E-state index contributed by atoms with van der Waals surface area (Å²) >= 11 is -1.38. The fourth-order valence-electron chi connectivity index (χ4n) is 15.4. The molecule has 18 N–H and O–H groups in total. The van der Waals surface area contributed by atoms with E-state index in [1.165, 1.54) is 11.9 Å². The predicted octanol–water partition coefficient (Wildman–Crippen LogP) is 0.582. The third-order valence-corrected chi connectivity index (χ3v) is 26.1. The van der Waals surface area contributed by atoms with Gasteiger partial charge in [0, 0.05) is 58.2 Å². The first-order valence-electron chi connectivity index (χ1n) is 34.7. The number of aromatic amines is 1. The number of hydrogen-bond donors (Lipinski definition) is 18. The van der Waals surface area contributed by atoms with Crippen molar-refractivity contribution in [1.29, 1.82) is 0 Å². The number of nitrogens with one attached hydrogen (secondary N) is 2. The van der Waals surface area contributed by atoms with Crippen LogP contribution in [0.5, 0.6) is 0 Å². The molecule has 1 aromatic heterocycles. The Balaban J connectivity index is 1.07. The number of allylic oxidation sites excluding steroid dienone is 4. The molecule has 6 fully saturated rings. The van der Waals surface area contributed by atoms with Gasteiger partial charge >= 0.3 is 0 Å². The Morgan fingerprint density at radius 1 is 0.345 bits per heavy atom. The molecule has 45 heteroatoms. The van der Waals surface area contributed by atoms with Crippen LogP contribution in [0.1, 0.15) is 22.3 Å². The Morgan fingerprint density at radius 3 is 0.828 bits per heavy atom. The molecule has 10 heterocycles. The summed E-state index contributed by atoms with van der Waals surface area (Å²) < 4.78 is 303. The summed E-state index contributed by atoms with van der Waals surface area (Å²) in [5.74, 6) is -41.6. The van der Waals surface area contributed by atoms with E-state index in [1.807, 2.05) is 0 Å². The Kier molecular flexibility index (Phi) is 24.6. The largest absolute Gasteiger partial charge is 0.394 e. The molecule has 25 nitrogen and oxygen atoms in total. The van der Waals surface area contributed by atoms with Crippen molar-refractivity contribution in [2.75, 3.05) is 46.6 Å². The maximum Gasteiger partial charge on any atom is 0.176 e. The molecule has 116 heavy (non-hydrogen) atoms. The zero-order valence-corrected chi connectivity index (χ0v) is 61.6. The molecule has 0 aliphatic carbocycles. The van der Waals surface area contributed by atoms with E-state index in [-0.39, 0.29) is 47.0 Å². The van der Waals surface area contributed by atoms with Crippen molar-refractivity contribution in [3.63, 3.8) is 0 Å². The molecule has 2 unspecified atom stereocenters. The number of benzene rings is 4. The molecule has 0 spiro atoms. The van der Waals surface area contributed by atoms with E-state index in [9.17, 15) is 81.7 Å². The third kappa shape index (κ3) is 14.3. The predicted molar refractivity (Wildman–Crippen MR) is 371 cm³/mol. The molecule has 628 valence electrons. The van der Waals surface area contributed by atoms with E-state index in [0.717, 1.165) is 0 Å². The van der Waals surface area contributed by atoms with E-state index < -0.39 is 374 Å². The number of aliphatic hydroxyl groups excluding tert-OH is 16. The smallest absolute Gasteiger partial charge is 0.176 e. The normalized spacial score (nSPS) is 35.7.